The summed E-state index contributed by atoms with van der Waals surface area (Å²) in [6.07, 6.45) is 2.19. The molecule has 0 aliphatic heterocycles. The van der Waals surface area contributed by atoms with Crippen LogP contribution in [0.3, 0.4) is 0 Å². The summed E-state index contributed by atoms with van der Waals surface area (Å²) in [5.74, 6) is 2.44. The molecule has 0 bridgehead atoms. The van der Waals surface area contributed by atoms with E-state index < -0.39 is 0 Å². The van der Waals surface area contributed by atoms with Crippen LogP contribution >= 0.6 is 23.2 Å². The van der Waals surface area contributed by atoms with Crippen molar-refractivity contribution in [3.63, 3.8) is 0 Å². The zero-order valence-electron chi connectivity index (χ0n) is 18.4. The molecule has 0 fully saturated rings. The van der Waals surface area contributed by atoms with Crippen LogP contribution in [0.15, 0.2) is 60.9 Å². The number of nitrogens with one attached hydrogen (secondary N) is 1. The van der Waals surface area contributed by atoms with Crippen LogP contribution in [0.2, 0.25) is 5.02 Å². The third-order valence-corrected chi connectivity index (χ3v) is 5.50. The van der Waals surface area contributed by atoms with Crippen molar-refractivity contribution in [1.29, 1.82) is 0 Å². The molecule has 0 atom stereocenters. The summed E-state index contributed by atoms with van der Waals surface area (Å²) in [6, 6.07) is 15.2. The lowest BCUT2D eigenvalue weighted by molar-refractivity contribution is 0.295. The van der Waals surface area contributed by atoms with E-state index in [1.165, 1.54) is 18.5 Å². The van der Waals surface area contributed by atoms with Crippen molar-refractivity contribution in [1.82, 2.24) is 9.97 Å². The average molecular weight is 502 g/mol. The van der Waals surface area contributed by atoms with Crippen molar-refractivity contribution >= 4 is 45.6 Å². The van der Waals surface area contributed by atoms with E-state index in [1.807, 2.05) is 18.2 Å². The molecule has 0 saturated heterocycles. The number of benzene rings is 3. The second-order valence-corrected chi connectivity index (χ2v) is 8.11. The number of nitrogens with zero attached hydrogens (tertiary/aromatic N) is 2. The van der Waals surface area contributed by atoms with Gasteiger partial charge in [0, 0.05) is 23.0 Å². The molecule has 0 saturated carbocycles. The van der Waals surface area contributed by atoms with Gasteiger partial charge >= 0.3 is 0 Å². The number of halogens is 3. The number of hydrogen-bond acceptors (Lipinski definition) is 6. The Hall–Kier alpha value is -3.29. The first-order valence-corrected chi connectivity index (χ1v) is 11.4. The second-order valence-electron chi connectivity index (χ2n) is 7.32. The number of aromatic nitrogens is 2. The van der Waals surface area contributed by atoms with Gasteiger partial charge in [0.05, 0.1) is 24.3 Å². The fourth-order valence-corrected chi connectivity index (χ4v) is 3.64. The van der Waals surface area contributed by atoms with E-state index in [2.05, 4.69) is 15.3 Å². The van der Waals surface area contributed by atoms with Crippen molar-refractivity contribution in [2.45, 2.75) is 13.0 Å². The lowest BCUT2D eigenvalue weighted by atomic mass is 10.2. The minimum Gasteiger partial charge on any atom is -0.493 e. The molecule has 0 aliphatic rings. The number of rotatable bonds is 10. The van der Waals surface area contributed by atoms with Crippen LogP contribution < -0.4 is 19.5 Å². The Morgan fingerprint density at radius 2 is 1.85 bits per heavy atom. The Balaban J connectivity index is 1.53. The van der Waals surface area contributed by atoms with Crippen molar-refractivity contribution in [2.24, 2.45) is 0 Å². The fraction of sp³-hybridized carbons (Fsp3) is 0.200. The third-order valence-electron chi connectivity index (χ3n) is 4.93. The van der Waals surface area contributed by atoms with Gasteiger partial charge in [-0.05, 0) is 48.4 Å². The van der Waals surface area contributed by atoms with Gasteiger partial charge < -0.3 is 19.5 Å². The average Bonchev–Trinajstić information content (AvgIpc) is 2.83. The van der Waals surface area contributed by atoms with E-state index in [4.69, 9.17) is 37.4 Å². The monoisotopic (exact) mass is 501 g/mol. The molecule has 1 N–H and O–H groups in total. The van der Waals surface area contributed by atoms with Crippen LogP contribution in [0.25, 0.3) is 10.9 Å². The second kappa shape index (κ2) is 11.2. The maximum absolute atomic E-state index is 13.4. The summed E-state index contributed by atoms with van der Waals surface area (Å²) < 4.78 is 30.4. The number of ether oxygens (including phenoxy) is 3. The van der Waals surface area contributed by atoms with Gasteiger partial charge in [-0.3, -0.25) is 0 Å². The molecule has 0 radical (unpaired) electrons. The van der Waals surface area contributed by atoms with Gasteiger partial charge in [-0.2, -0.15) is 0 Å². The quantitative estimate of drug-likeness (QED) is 0.191. The fourth-order valence-electron chi connectivity index (χ4n) is 3.29. The van der Waals surface area contributed by atoms with Crippen LogP contribution in [0.4, 0.5) is 15.9 Å². The van der Waals surface area contributed by atoms with Crippen LogP contribution in [0.1, 0.15) is 12.0 Å². The van der Waals surface area contributed by atoms with Crippen molar-refractivity contribution in [2.75, 3.05) is 24.9 Å². The normalized spacial score (nSPS) is 10.8. The molecule has 34 heavy (non-hydrogen) atoms. The molecule has 0 aliphatic carbocycles. The van der Waals surface area contributed by atoms with Crippen molar-refractivity contribution < 1.29 is 18.6 Å². The molecule has 1 aromatic heterocycles. The summed E-state index contributed by atoms with van der Waals surface area (Å²) in [6.45, 7) is 0.684. The maximum Gasteiger partial charge on any atom is 0.163 e. The van der Waals surface area contributed by atoms with Crippen LogP contribution in [-0.4, -0.2) is 29.6 Å². The molecule has 1 heterocycles. The lowest BCUT2D eigenvalue weighted by Crippen LogP contribution is -2.02. The summed E-state index contributed by atoms with van der Waals surface area (Å²) >= 11 is 12.2. The summed E-state index contributed by atoms with van der Waals surface area (Å²) in [4.78, 5) is 8.73. The number of alkyl halides is 1. The van der Waals surface area contributed by atoms with Gasteiger partial charge in [-0.1, -0.05) is 23.7 Å². The number of fused-ring (bicyclic) bond motifs is 1. The standard InChI is InChI=1S/C25H22Cl2FN3O3/c1-32-23-12-19-21(13-24(23)33-9-3-8-26)29-15-30-25(19)31-18-6-7-22(20(27)11-18)34-14-16-4-2-5-17(28)10-16/h2,4-7,10-13,15H,3,8-9,14H2,1H3,(H,29,30,31). The van der Waals surface area contributed by atoms with Gasteiger partial charge in [0.15, 0.2) is 11.5 Å². The van der Waals surface area contributed by atoms with Crippen LogP contribution in [0, 0.1) is 5.82 Å². The van der Waals surface area contributed by atoms with E-state index >= 15 is 0 Å². The van der Waals surface area contributed by atoms with Crippen LogP contribution in [-0.2, 0) is 6.61 Å². The molecule has 4 aromatic rings. The largest absolute Gasteiger partial charge is 0.493 e. The van der Waals surface area contributed by atoms with Gasteiger partial charge in [0.2, 0.25) is 0 Å². The highest BCUT2D eigenvalue weighted by Crippen LogP contribution is 2.36. The molecule has 0 unspecified atom stereocenters. The Labute approximate surface area is 206 Å². The Kier molecular flexibility index (Phi) is 7.87. The Bertz CT molecular complexity index is 1290. The summed E-state index contributed by atoms with van der Waals surface area (Å²) in [5, 5.41) is 4.43. The highest BCUT2D eigenvalue weighted by Gasteiger charge is 2.13. The highest BCUT2D eigenvalue weighted by molar-refractivity contribution is 6.32. The molecule has 0 amide bonds. The van der Waals surface area contributed by atoms with Gasteiger partial charge in [0.25, 0.3) is 0 Å². The SMILES string of the molecule is COc1cc2c(Nc3ccc(OCc4cccc(F)c4)c(Cl)c3)ncnc2cc1OCCCCl. The predicted octanol–water partition coefficient (Wildman–Crippen LogP) is 6.76. The maximum atomic E-state index is 13.4. The first-order chi connectivity index (χ1) is 16.6. The topological polar surface area (TPSA) is 65.5 Å². The zero-order valence-corrected chi connectivity index (χ0v) is 19.9. The minimum atomic E-state index is -0.311. The number of anilines is 2. The predicted molar refractivity (Wildman–Crippen MR) is 132 cm³/mol. The van der Waals surface area contributed by atoms with E-state index in [0.717, 1.165) is 11.8 Å². The lowest BCUT2D eigenvalue weighted by Gasteiger charge is -2.14. The Morgan fingerprint density at radius 3 is 2.62 bits per heavy atom. The molecule has 3 aromatic carbocycles. The molecular formula is C25H22Cl2FN3O3. The molecule has 0 spiro atoms. The molecule has 4 rings (SSSR count). The van der Waals surface area contributed by atoms with Gasteiger partial charge in [0.1, 0.15) is 30.3 Å². The van der Waals surface area contributed by atoms with E-state index in [-0.39, 0.29) is 12.4 Å². The Morgan fingerprint density at radius 1 is 0.971 bits per heavy atom. The zero-order chi connectivity index (χ0) is 23.9. The highest BCUT2D eigenvalue weighted by atomic mass is 35.5. The van der Waals surface area contributed by atoms with Crippen molar-refractivity contribution in [3.05, 3.63) is 77.3 Å². The van der Waals surface area contributed by atoms with E-state index in [9.17, 15) is 4.39 Å². The summed E-state index contributed by atoms with van der Waals surface area (Å²) in [7, 11) is 1.58. The molecular weight excluding hydrogens is 480 g/mol. The third kappa shape index (κ3) is 5.79. The van der Waals surface area contributed by atoms with E-state index in [1.54, 1.807) is 31.4 Å². The van der Waals surface area contributed by atoms with Crippen LogP contribution in [0.5, 0.6) is 17.2 Å². The first-order valence-electron chi connectivity index (χ1n) is 10.5. The number of hydrogen-bond donors (Lipinski definition) is 1. The summed E-state index contributed by atoms with van der Waals surface area (Å²) in [5.41, 5.74) is 2.12. The van der Waals surface area contributed by atoms with Gasteiger partial charge in [-0.25, -0.2) is 14.4 Å². The smallest absolute Gasteiger partial charge is 0.163 e. The van der Waals surface area contributed by atoms with Crippen molar-refractivity contribution in [3.8, 4) is 17.2 Å². The van der Waals surface area contributed by atoms with Gasteiger partial charge in [-0.15, -0.1) is 11.6 Å². The molecule has 6 nitrogen and oxygen atoms in total. The van der Waals surface area contributed by atoms with E-state index in [0.29, 0.717) is 57.3 Å². The minimum absolute atomic E-state index is 0.204. The first kappa shape index (κ1) is 23.9. The number of methoxy groups -OCH3 is 1. The molecule has 176 valence electrons. The molecule has 9 heteroatoms.